The van der Waals surface area contributed by atoms with E-state index >= 15 is 0 Å². The van der Waals surface area contributed by atoms with E-state index in [1.807, 2.05) is 0 Å². The maximum atomic E-state index is 13.5. The van der Waals surface area contributed by atoms with E-state index in [0.29, 0.717) is 18.4 Å². The lowest BCUT2D eigenvalue weighted by molar-refractivity contribution is -0.0528. The van der Waals surface area contributed by atoms with Crippen LogP contribution in [0.3, 0.4) is 0 Å². The van der Waals surface area contributed by atoms with Gasteiger partial charge in [0.15, 0.2) is 5.82 Å². The monoisotopic (exact) mass is 318 g/mol. The van der Waals surface area contributed by atoms with E-state index in [1.165, 1.54) is 44.4 Å². The third kappa shape index (κ3) is 2.59. The van der Waals surface area contributed by atoms with Crippen molar-refractivity contribution in [3.05, 3.63) is 24.3 Å². The number of hydrogen-bond acceptors (Lipinski definition) is 3. The molecule has 1 aromatic rings. The first-order valence-corrected chi connectivity index (χ1v) is 8.48. The predicted molar refractivity (Wildman–Crippen MR) is 85.2 cm³/mol. The van der Waals surface area contributed by atoms with Gasteiger partial charge in [0.05, 0.1) is 11.9 Å². The summed E-state index contributed by atoms with van der Waals surface area (Å²) in [5.74, 6) is 2.16. The van der Waals surface area contributed by atoms with Gasteiger partial charge in [0.2, 0.25) is 0 Å². The lowest BCUT2D eigenvalue weighted by Gasteiger charge is -2.59. The quantitative estimate of drug-likeness (QED) is 0.801. The van der Waals surface area contributed by atoms with Gasteiger partial charge in [0, 0.05) is 18.3 Å². The number of amides is 2. The Hall–Kier alpha value is -1.69. The fourth-order valence-electron chi connectivity index (χ4n) is 5.23. The second-order valence-corrected chi connectivity index (χ2v) is 7.58. The smallest absolute Gasteiger partial charge is 0.319 e. The molecule has 0 atom stereocenters. The first-order valence-electron chi connectivity index (χ1n) is 8.48. The number of carbonyl (C=O) groups excluding carboxylic acids is 1. The molecular weight excluding hydrogens is 295 g/mol. The molecule has 23 heavy (non-hydrogen) atoms. The summed E-state index contributed by atoms with van der Waals surface area (Å²) in [6, 6.07) is 1.03. The predicted octanol–water partition coefficient (Wildman–Crippen LogP) is 2.50. The number of urea groups is 1. The average molecular weight is 318 g/mol. The van der Waals surface area contributed by atoms with E-state index in [1.54, 1.807) is 0 Å². The van der Waals surface area contributed by atoms with Crippen LogP contribution in [0.4, 0.5) is 14.9 Å². The molecule has 0 aliphatic heterocycles. The Bertz CT molecular complexity index is 592. The van der Waals surface area contributed by atoms with Crippen LogP contribution in [0.1, 0.15) is 32.1 Å². The van der Waals surface area contributed by atoms with Gasteiger partial charge in [-0.05, 0) is 61.8 Å². The Labute approximate surface area is 135 Å². The average Bonchev–Trinajstić information content (AvgIpc) is 2.52. The minimum Gasteiger partial charge on any atom is -0.336 e. The minimum absolute atomic E-state index is 0.133. The number of nitrogens with two attached hydrogens (primary N) is 1. The molecule has 4 bridgehead atoms. The van der Waals surface area contributed by atoms with Gasteiger partial charge >= 0.3 is 6.03 Å². The summed E-state index contributed by atoms with van der Waals surface area (Å²) in [5, 5.41) is 5.39. The highest BCUT2D eigenvalue weighted by atomic mass is 19.1. The lowest BCUT2D eigenvalue weighted by Crippen LogP contribution is -2.67. The van der Waals surface area contributed by atoms with Crippen LogP contribution >= 0.6 is 0 Å². The molecule has 0 unspecified atom stereocenters. The normalized spacial score (nSPS) is 37.7. The number of aromatic nitrogens is 1. The molecule has 4 aliphatic rings. The number of rotatable bonds is 3. The summed E-state index contributed by atoms with van der Waals surface area (Å²) < 4.78 is 13.5. The summed E-state index contributed by atoms with van der Waals surface area (Å²) in [6.07, 6.45) is 8.70. The highest BCUT2D eigenvalue weighted by Gasteiger charge is 2.55. The lowest BCUT2D eigenvalue weighted by atomic mass is 9.49. The van der Waals surface area contributed by atoms with E-state index < -0.39 is 11.8 Å². The first-order chi connectivity index (χ1) is 11.0. The molecule has 1 aromatic heterocycles. The SMILES string of the molecule is NC1(CNC(=O)Nc2ccncc2F)C2CC3CC(C2)CC1C3. The van der Waals surface area contributed by atoms with E-state index in [9.17, 15) is 9.18 Å². The minimum atomic E-state index is -0.542. The number of pyridine rings is 1. The van der Waals surface area contributed by atoms with Crippen LogP contribution in [0.25, 0.3) is 0 Å². The fourth-order valence-corrected chi connectivity index (χ4v) is 5.23. The summed E-state index contributed by atoms with van der Waals surface area (Å²) in [4.78, 5) is 15.7. The van der Waals surface area contributed by atoms with Crippen molar-refractivity contribution < 1.29 is 9.18 Å². The number of anilines is 1. The molecule has 4 N–H and O–H groups in total. The van der Waals surface area contributed by atoms with Gasteiger partial charge in [0.1, 0.15) is 0 Å². The van der Waals surface area contributed by atoms with Crippen LogP contribution in [0.5, 0.6) is 0 Å². The topological polar surface area (TPSA) is 80.0 Å². The molecular formula is C17H23FN4O. The fraction of sp³-hybridized carbons (Fsp3) is 0.647. The van der Waals surface area contributed by atoms with E-state index in [4.69, 9.17) is 5.73 Å². The molecule has 4 fully saturated rings. The van der Waals surface area contributed by atoms with Crippen molar-refractivity contribution in [2.75, 3.05) is 11.9 Å². The standard InChI is InChI=1S/C17H23FN4O/c18-14-8-20-2-1-15(14)22-16(23)21-9-17(19)12-4-10-3-11(6-12)7-13(17)5-10/h1-2,8,10-13H,3-7,9,19H2,(H2,20,21,22,23). The summed E-state index contributed by atoms with van der Waals surface area (Å²) in [6.45, 7) is 0.459. The van der Waals surface area contributed by atoms with Crippen molar-refractivity contribution in [3.8, 4) is 0 Å². The van der Waals surface area contributed by atoms with Crippen molar-refractivity contribution >= 4 is 11.7 Å². The van der Waals surface area contributed by atoms with Crippen molar-refractivity contribution in [1.29, 1.82) is 0 Å². The second-order valence-electron chi connectivity index (χ2n) is 7.58. The van der Waals surface area contributed by atoms with E-state index in [0.717, 1.165) is 18.0 Å². The molecule has 0 aromatic carbocycles. The van der Waals surface area contributed by atoms with Gasteiger partial charge < -0.3 is 16.4 Å². The highest BCUT2D eigenvalue weighted by molar-refractivity contribution is 5.89. The largest absolute Gasteiger partial charge is 0.336 e. The van der Waals surface area contributed by atoms with Gasteiger partial charge in [-0.1, -0.05) is 0 Å². The maximum Gasteiger partial charge on any atom is 0.319 e. The van der Waals surface area contributed by atoms with Gasteiger partial charge in [0.25, 0.3) is 0 Å². The Kier molecular flexibility index (Phi) is 3.52. The van der Waals surface area contributed by atoms with Crippen molar-refractivity contribution in [3.63, 3.8) is 0 Å². The zero-order valence-electron chi connectivity index (χ0n) is 13.1. The Morgan fingerprint density at radius 2 is 1.91 bits per heavy atom. The van der Waals surface area contributed by atoms with Crippen LogP contribution < -0.4 is 16.4 Å². The summed E-state index contributed by atoms with van der Waals surface area (Å²) >= 11 is 0. The third-order valence-electron chi connectivity index (χ3n) is 6.23. The molecule has 2 amide bonds. The van der Waals surface area contributed by atoms with Crippen LogP contribution in [0, 0.1) is 29.5 Å². The first kappa shape index (κ1) is 14.9. The molecule has 6 heteroatoms. The number of nitrogens with zero attached hydrogens (tertiary/aromatic N) is 1. The van der Waals surface area contributed by atoms with Crippen LogP contribution in [-0.2, 0) is 0 Å². The van der Waals surface area contributed by atoms with E-state index in [-0.39, 0.29) is 11.2 Å². The molecule has 0 radical (unpaired) electrons. The number of halogens is 1. The van der Waals surface area contributed by atoms with Crippen LogP contribution in [-0.4, -0.2) is 23.1 Å². The second kappa shape index (κ2) is 5.44. The molecule has 4 aliphatic carbocycles. The van der Waals surface area contributed by atoms with Crippen LogP contribution in [0.2, 0.25) is 0 Å². The summed E-state index contributed by atoms with van der Waals surface area (Å²) in [7, 11) is 0. The Balaban J connectivity index is 1.39. The van der Waals surface area contributed by atoms with E-state index in [2.05, 4.69) is 15.6 Å². The zero-order valence-corrected chi connectivity index (χ0v) is 13.1. The number of carbonyl (C=O) groups is 1. The Morgan fingerprint density at radius 1 is 1.26 bits per heavy atom. The Morgan fingerprint density at radius 3 is 2.52 bits per heavy atom. The molecule has 4 saturated carbocycles. The molecule has 0 saturated heterocycles. The van der Waals surface area contributed by atoms with Crippen molar-refractivity contribution in [1.82, 2.24) is 10.3 Å². The van der Waals surface area contributed by atoms with Gasteiger partial charge in [-0.15, -0.1) is 0 Å². The number of hydrogen-bond donors (Lipinski definition) is 3. The zero-order chi connectivity index (χ0) is 16.0. The molecule has 124 valence electrons. The molecule has 1 heterocycles. The van der Waals surface area contributed by atoms with Gasteiger partial charge in [-0.25, -0.2) is 9.18 Å². The molecule has 0 spiro atoms. The molecule has 5 rings (SSSR count). The van der Waals surface area contributed by atoms with Crippen LogP contribution in [0.15, 0.2) is 18.5 Å². The van der Waals surface area contributed by atoms with Crippen molar-refractivity contribution in [2.45, 2.75) is 37.6 Å². The van der Waals surface area contributed by atoms with Gasteiger partial charge in [-0.2, -0.15) is 0 Å². The highest BCUT2D eigenvalue weighted by Crippen LogP contribution is 2.57. The summed E-state index contributed by atoms with van der Waals surface area (Å²) in [5.41, 5.74) is 6.57. The molecule has 5 nitrogen and oxygen atoms in total. The van der Waals surface area contributed by atoms with Gasteiger partial charge in [-0.3, -0.25) is 4.98 Å². The number of nitrogens with one attached hydrogen (secondary N) is 2. The van der Waals surface area contributed by atoms with Crippen molar-refractivity contribution in [2.24, 2.45) is 29.4 Å². The maximum absolute atomic E-state index is 13.5. The third-order valence-corrected chi connectivity index (χ3v) is 6.23.